The summed E-state index contributed by atoms with van der Waals surface area (Å²) in [5.74, 6) is -1.95. The van der Waals surface area contributed by atoms with Crippen molar-refractivity contribution in [2.45, 2.75) is 29.4 Å². The summed E-state index contributed by atoms with van der Waals surface area (Å²) in [7, 11) is -28.9. The Morgan fingerprint density at radius 2 is 0.506 bits per heavy atom. The molecule has 0 atom stereocenters. The molecule has 0 radical (unpaired) electrons. The van der Waals surface area contributed by atoms with Crippen LogP contribution >= 0.6 is 0 Å². The normalized spacial score (nSPS) is 12.3. The van der Waals surface area contributed by atoms with Crippen LogP contribution in [0, 0.1) is 0 Å². The van der Waals surface area contributed by atoms with Crippen LogP contribution in [0.15, 0.2) is 163 Å². The van der Waals surface area contributed by atoms with Crippen molar-refractivity contribution < 1.29 is 109 Å². The molecule has 0 unspecified atom stereocenters. The molecular weight excluding hydrogens is 1200 g/mol. The van der Waals surface area contributed by atoms with Gasteiger partial charge in [0.05, 0.1) is 19.6 Å². The van der Waals surface area contributed by atoms with Crippen molar-refractivity contribution in [1.29, 1.82) is 0 Å². The Morgan fingerprint density at radius 3 is 0.704 bits per heavy atom. The van der Waals surface area contributed by atoms with Gasteiger partial charge in [-0.05, 0) is 108 Å². The van der Waals surface area contributed by atoms with Gasteiger partial charge in [-0.1, -0.05) is 48.6 Å². The summed E-state index contributed by atoms with van der Waals surface area (Å²) in [5.41, 5.74) is -0.556. The Morgan fingerprint density at radius 1 is 0.296 bits per heavy atom. The zero-order valence-electron chi connectivity index (χ0n) is 41.6. The van der Waals surface area contributed by atoms with Crippen LogP contribution in [0.3, 0.4) is 0 Å². The van der Waals surface area contributed by atoms with E-state index in [-0.39, 0.29) is 112 Å². The van der Waals surface area contributed by atoms with Gasteiger partial charge in [0.25, 0.3) is 60.7 Å². The zero-order chi connectivity index (χ0) is 58.0. The average molecular weight is 1240 g/mol. The van der Waals surface area contributed by atoms with Crippen molar-refractivity contribution in [3.63, 3.8) is 0 Å². The molecule has 2 heterocycles. The first-order valence-electron chi connectivity index (χ1n) is 21.7. The maximum Gasteiger partial charge on any atom is 1.00 e. The van der Waals surface area contributed by atoms with Crippen molar-refractivity contribution in [2.75, 3.05) is 31.9 Å². The monoisotopic (exact) mass is 1240 g/mol. The van der Waals surface area contributed by atoms with Crippen LogP contribution in [0.4, 0.5) is 69.8 Å². The fourth-order valence-corrected chi connectivity index (χ4v) is 10.5. The summed E-state index contributed by atoms with van der Waals surface area (Å²) >= 11 is 0. The minimum absolute atomic E-state index is 0. The van der Waals surface area contributed by atoms with E-state index in [1.807, 2.05) is 0 Å². The first-order chi connectivity index (χ1) is 37.3. The summed E-state index contributed by atoms with van der Waals surface area (Å²) in [6, 6.07) is 26.0. The van der Waals surface area contributed by atoms with Crippen molar-refractivity contribution in [3.8, 4) is 0 Å². The van der Waals surface area contributed by atoms with Gasteiger partial charge < -0.3 is 33.3 Å². The second kappa shape index (κ2) is 23.8. The minimum atomic E-state index is -5.12. The van der Waals surface area contributed by atoms with E-state index in [2.05, 4.69) is 61.8 Å². The maximum atomic E-state index is 12.9. The van der Waals surface area contributed by atoms with Gasteiger partial charge in [0.1, 0.15) is 9.79 Å². The SMILES string of the molecule is O=S(=O)(O)c1cccc(Nc2nc(Nc3cccc(S(=O)(=O)O)c3)nc(Nc3ccc(/C=C/c4ccc(Nc5nc(Nc6cccc(S(=O)(=O)O)c6)nc(Nc6cccc(S(=O)(=O)O)c6)n5)cc4S(=O)(=O)O)c(S(=O)(=O)O)c3)n2)c1.[H-].[Na+]. The average Bonchev–Trinajstić information content (AvgIpc) is 3.52. The van der Waals surface area contributed by atoms with Gasteiger partial charge in [-0.2, -0.15) is 80.4 Å². The van der Waals surface area contributed by atoms with Crippen molar-refractivity contribution in [1.82, 2.24) is 29.9 Å². The summed E-state index contributed by atoms with van der Waals surface area (Å²) in [6.45, 7) is 0. The molecule has 0 aliphatic heterocycles. The van der Waals surface area contributed by atoms with Gasteiger partial charge in [-0.25, -0.2) is 0 Å². The van der Waals surface area contributed by atoms with E-state index in [0.717, 1.165) is 72.8 Å². The number of anilines is 12. The van der Waals surface area contributed by atoms with Gasteiger partial charge in [-0.15, -0.1) is 0 Å². The molecule has 0 amide bonds. The third-order valence-corrected chi connectivity index (χ3v) is 15.6. The molecule has 418 valence electrons. The van der Waals surface area contributed by atoms with Crippen LogP contribution in [-0.4, -0.2) is 108 Å². The van der Waals surface area contributed by atoms with Gasteiger partial charge in [-0.3, -0.25) is 27.3 Å². The van der Waals surface area contributed by atoms with Crippen molar-refractivity contribution in [2.24, 2.45) is 0 Å². The van der Waals surface area contributed by atoms with Crippen LogP contribution < -0.4 is 61.5 Å². The van der Waals surface area contributed by atoms with Gasteiger partial charge >= 0.3 is 29.6 Å². The molecule has 37 heteroatoms. The summed E-state index contributed by atoms with van der Waals surface area (Å²) in [4.78, 5) is 21.7. The van der Waals surface area contributed by atoms with E-state index in [9.17, 15) is 77.8 Å². The van der Waals surface area contributed by atoms with E-state index in [1.54, 1.807) is 0 Å². The Bertz CT molecular complexity index is 4060. The standard InChI is InChI=1S/C44H36N12O18S6.Na.H/c57-75(58,59)33-9-1-5-27(19-33)45-39-51-40(46-28-6-2-10-34(20-28)76(60,61)62)54-43(53-39)49-31-17-15-25(37(23-31)79(69,70)71)13-14-26-16-18-32(24-38(26)80(72,73)74)50-44-55-41(47-29-7-3-11-35(21-29)77(63,64)65)52-42(56-44)48-30-8-4-12-36(22-30)78(66,67)68;;/h1-24H,(H,57,58,59)(H,60,61,62)(H,63,64,65)(H,66,67,68)(H,69,70,71)(H,72,73,74)(H3,45,46,49,51,53,54)(H3,47,48,50,52,55,56);;/q;+1;-1/b14-13+;;. The van der Waals surface area contributed by atoms with Gasteiger partial charge in [0.15, 0.2) is 0 Å². The van der Waals surface area contributed by atoms with E-state index >= 15 is 0 Å². The molecule has 0 aliphatic carbocycles. The quantitative estimate of drug-likeness (QED) is 0.0296. The van der Waals surface area contributed by atoms with E-state index in [4.69, 9.17) is 0 Å². The minimum Gasteiger partial charge on any atom is -1.00 e. The smallest absolute Gasteiger partial charge is 1.00 e. The van der Waals surface area contributed by atoms with Crippen LogP contribution in [0.5, 0.6) is 0 Å². The molecule has 81 heavy (non-hydrogen) atoms. The second-order valence-electron chi connectivity index (χ2n) is 16.2. The van der Waals surface area contributed by atoms with E-state index in [1.165, 1.54) is 72.8 Å². The predicted octanol–water partition coefficient (Wildman–Crippen LogP) is 3.29. The molecule has 0 bridgehead atoms. The second-order valence-corrected chi connectivity index (χ2v) is 24.6. The molecule has 6 aromatic carbocycles. The summed E-state index contributed by atoms with van der Waals surface area (Å²) in [6.07, 6.45) is 2.16. The molecule has 8 aromatic rings. The largest absolute Gasteiger partial charge is 1.00 e. The van der Waals surface area contributed by atoms with Crippen LogP contribution in [-0.2, 0) is 60.7 Å². The number of rotatable bonds is 20. The molecule has 30 nitrogen and oxygen atoms in total. The number of nitrogens with one attached hydrogen (secondary N) is 6. The first kappa shape index (κ1) is 61.0. The number of hydrogen-bond acceptors (Lipinski definition) is 24. The Balaban J connectivity index is 0.00000541. The first-order valence-corrected chi connectivity index (χ1v) is 30.3. The summed E-state index contributed by atoms with van der Waals surface area (Å²) < 4.78 is 205. The predicted molar refractivity (Wildman–Crippen MR) is 287 cm³/mol. The number of benzene rings is 6. The number of hydrogen-bond donors (Lipinski definition) is 12. The molecule has 0 saturated carbocycles. The van der Waals surface area contributed by atoms with Gasteiger partial charge in [0, 0.05) is 34.1 Å². The maximum absolute atomic E-state index is 12.9. The van der Waals surface area contributed by atoms with Crippen molar-refractivity contribution in [3.05, 3.63) is 145 Å². The van der Waals surface area contributed by atoms with Crippen LogP contribution in [0.25, 0.3) is 12.2 Å². The van der Waals surface area contributed by atoms with E-state index < -0.39 is 90.1 Å². The van der Waals surface area contributed by atoms with Crippen LogP contribution in [0.1, 0.15) is 12.6 Å². The molecule has 2 aromatic heterocycles. The topological polar surface area (TPSA) is 476 Å². The van der Waals surface area contributed by atoms with Crippen LogP contribution in [0.2, 0.25) is 0 Å². The Hall–Kier alpha value is -7.66. The number of nitrogens with zero attached hydrogens (tertiary/aromatic N) is 6. The van der Waals surface area contributed by atoms with E-state index in [0.29, 0.717) is 0 Å². The molecule has 0 saturated heterocycles. The molecule has 0 aliphatic rings. The molecule has 8 rings (SSSR count). The van der Waals surface area contributed by atoms with Gasteiger partial charge in [0.2, 0.25) is 35.7 Å². The third-order valence-electron chi connectivity index (χ3n) is 10.4. The zero-order valence-corrected chi connectivity index (χ0v) is 47.5. The molecule has 0 fully saturated rings. The third kappa shape index (κ3) is 16.5. The van der Waals surface area contributed by atoms with Crippen molar-refractivity contribution >= 4 is 143 Å². The fourth-order valence-electron chi connectivity index (χ4n) is 6.93. The fraction of sp³-hybridized carbons (Fsp3) is 0. The Labute approximate surface area is 483 Å². The number of aromatic nitrogens is 6. The molecular formula is C44H37N12NaO18S6. The Kier molecular flexibility index (Phi) is 17.9. The molecule has 12 N–H and O–H groups in total. The molecule has 0 spiro atoms. The summed E-state index contributed by atoms with van der Waals surface area (Å²) in [5, 5.41) is 16.3.